The van der Waals surface area contributed by atoms with Gasteiger partial charge in [0, 0.05) is 10.6 Å². The maximum Gasteiger partial charge on any atom is 0.124 e. The van der Waals surface area contributed by atoms with Crippen molar-refractivity contribution in [1.82, 2.24) is 0 Å². The van der Waals surface area contributed by atoms with Crippen molar-refractivity contribution in [2.75, 3.05) is 7.11 Å². The molecule has 0 unspecified atom stereocenters. The molecule has 3 nitrogen and oxygen atoms in total. The summed E-state index contributed by atoms with van der Waals surface area (Å²) in [4.78, 5) is 4.59. The highest BCUT2D eigenvalue weighted by atomic mass is 35.5. The van der Waals surface area contributed by atoms with Crippen molar-refractivity contribution in [3.63, 3.8) is 0 Å². The molecule has 0 aliphatic carbocycles. The Hall–Kier alpha value is -0.770. The Bertz CT molecular complexity index is 340. The third-order valence-corrected chi connectivity index (χ3v) is 2.59. The van der Waals surface area contributed by atoms with Crippen molar-refractivity contribution in [2.24, 2.45) is 5.90 Å². The summed E-state index contributed by atoms with van der Waals surface area (Å²) in [6.07, 6.45) is 0. The first-order valence-electron chi connectivity index (χ1n) is 4.78. The number of hydrogen-bond acceptors (Lipinski definition) is 3. The van der Waals surface area contributed by atoms with Crippen LogP contribution in [0.2, 0.25) is 5.02 Å². The summed E-state index contributed by atoms with van der Waals surface area (Å²) in [6, 6.07) is 3.77. The summed E-state index contributed by atoms with van der Waals surface area (Å²) in [5.74, 6) is 6.15. The second-order valence-corrected chi connectivity index (χ2v) is 4.06. The van der Waals surface area contributed by atoms with Crippen LogP contribution >= 0.6 is 11.6 Å². The minimum absolute atomic E-state index is 0.293. The molecule has 0 bridgehead atoms. The van der Waals surface area contributed by atoms with E-state index in [9.17, 15) is 0 Å². The van der Waals surface area contributed by atoms with Gasteiger partial charge >= 0.3 is 0 Å². The van der Waals surface area contributed by atoms with Crippen molar-refractivity contribution in [1.29, 1.82) is 0 Å². The van der Waals surface area contributed by atoms with Crippen LogP contribution in [0.3, 0.4) is 0 Å². The van der Waals surface area contributed by atoms with Crippen LogP contribution in [0.4, 0.5) is 0 Å². The Kier molecular flexibility index (Phi) is 4.39. The quantitative estimate of drug-likeness (QED) is 0.808. The average molecular weight is 230 g/mol. The second kappa shape index (κ2) is 5.35. The molecule has 0 heterocycles. The van der Waals surface area contributed by atoms with Crippen LogP contribution in [0, 0.1) is 0 Å². The minimum atomic E-state index is 0.293. The van der Waals surface area contributed by atoms with E-state index in [1.54, 1.807) is 7.11 Å². The van der Waals surface area contributed by atoms with E-state index < -0.39 is 0 Å². The maximum absolute atomic E-state index is 6.14. The summed E-state index contributed by atoms with van der Waals surface area (Å²) in [5.41, 5.74) is 1.92. The number of hydrogen-bond donors (Lipinski definition) is 1. The molecule has 2 N–H and O–H groups in total. The van der Waals surface area contributed by atoms with E-state index >= 15 is 0 Å². The first-order chi connectivity index (χ1) is 7.10. The Morgan fingerprint density at radius 2 is 2.07 bits per heavy atom. The zero-order chi connectivity index (χ0) is 11.4. The molecule has 0 aliphatic rings. The van der Waals surface area contributed by atoms with Crippen molar-refractivity contribution in [3.8, 4) is 5.75 Å². The lowest BCUT2D eigenvalue weighted by Gasteiger charge is -2.14. The molecule has 0 aliphatic heterocycles. The van der Waals surface area contributed by atoms with Gasteiger partial charge in [0.15, 0.2) is 0 Å². The third-order valence-electron chi connectivity index (χ3n) is 2.26. The molecule has 15 heavy (non-hydrogen) atoms. The molecule has 0 saturated heterocycles. The fraction of sp³-hybridized carbons (Fsp3) is 0.455. The van der Waals surface area contributed by atoms with Crippen molar-refractivity contribution >= 4 is 11.6 Å². The molecular weight excluding hydrogens is 214 g/mol. The van der Waals surface area contributed by atoms with Gasteiger partial charge in [0.1, 0.15) is 5.75 Å². The summed E-state index contributed by atoms with van der Waals surface area (Å²) in [5, 5.41) is 0.720. The Labute approximate surface area is 95.1 Å². The molecule has 1 aromatic carbocycles. The zero-order valence-electron chi connectivity index (χ0n) is 9.21. The van der Waals surface area contributed by atoms with Crippen LogP contribution in [-0.2, 0) is 11.4 Å². The number of methoxy groups -OCH3 is 1. The lowest BCUT2D eigenvalue weighted by Crippen LogP contribution is -2.02. The summed E-state index contributed by atoms with van der Waals surface area (Å²) < 4.78 is 5.25. The summed E-state index contributed by atoms with van der Waals surface area (Å²) >= 11 is 6.14. The highest BCUT2D eigenvalue weighted by molar-refractivity contribution is 6.31. The monoisotopic (exact) mass is 229 g/mol. The van der Waals surface area contributed by atoms with Crippen molar-refractivity contribution in [3.05, 3.63) is 28.3 Å². The summed E-state index contributed by atoms with van der Waals surface area (Å²) in [7, 11) is 1.62. The van der Waals surface area contributed by atoms with Crippen LogP contribution in [0.1, 0.15) is 30.9 Å². The SMILES string of the molecule is COc1cc(C(C)C)c(Cl)cc1CON. The molecule has 0 aromatic heterocycles. The molecule has 4 heteroatoms. The van der Waals surface area contributed by atoms with E-state index in [0.29, 0.717) is 12.5 Å². The number of halogens is 1. The van der Waals surface area contributed by atoms with Gasteiger partial charge in [-0.05, 0) is 23.6 Å². The lowest BCUT2D eigenvalue weighted by molar-refractivity contribution is 0.122. The Morgan fingerprint density at radius 3 is 2.53 bits per heavy atom. The van der Waals surface area contributed by atoms with E-state index in [0.717, 1.165) is 21.9 Å². The Morgan fingerprint density at radius 1 is 1.40 bits per heavy atom. The number of ether oxygens (including phenoxy) is 1. The van der Waals surface area contributed by atoms with Gasteiger partial charge in [-0.25, -0.2) is 5.90 Å². The van der Waals surface area contributed by atoms with Gasteiger partial charge in [0.05, 0.1) is 13.7 Å². The van der Waals surface area contributed by atoms with E-state index in [-0.39, 0.29) is 0 Å². The van der Waals surface area contributed by atoms with E-state index in [1.807, 2.05) is 12.1 Å². The van der Waals surface area contributed by atoms with Gasteiger partial charge < -0.3 is 4.74 Å². The molecule has 0 radical (unpaired) electrons. The number of benzene rings is 1. The fourth-order valence-electron chi connectivity index (χ4n) is 1.45. The maximum atomic E-state index is 6.14. The average Bonchev–Trinajstić information content (AvgIpc) is 2.18. The minimum Gasteiger partial charge on any atom is -0.496 e. The van der Waals surface area contributed by atoms with Gasteiger partial charge in [0.25, 0.3) is 0 Å². The van der Waals surface area contributed by atoms with Gasteiger partial charge in [-0.2, -0.15) is 0 Å². The molecule has 0 saturated carbocycles. The fourth-order valence-corrected chi connectivity index (χ4v) is 1.85. The molecule has 0 atom stereocenters. The van der Waals surface area contributed by atoms with Gasteiger partial charge in [-0.3, -0.25) is 4.84 Å². The lowest BCUT2D eigenvalue weighted by atomic mass is 10.0. The predicted octanol–water partition coefficient (Wildman–Crippen LogP) is 2.86. The van der Waals surface area contributed by atoms with E-state index in [2.05, 4.69) is 18.7 Å². The van der Waals surface area contributed by atoms with Crippen LogP contribution in [0.25, 0.3) is 0 Å². The molecule has 1 rings (SSSR count). The van der Waals surface area contributed by atoms with Crippen LogP contribution in [0.5, 0.6) is 5.75 Å². The molecule has 0 spiro atoms. The topological polar surface area (TPSA) is 44.5 Å². The highest BCUT2D eigenvalue weighted by Gasteiger charge is 2.11. The second-order valence-electron chi connectivity index (χ2n) is 3.65. The molecule has 0 fully saturated rings. The largest absolute Gasteiger partial charge is 0.496 e. The van der Waals surface area contributed by atoms with Gasteiger partial charge in [-0.15, -0.1) is 0 Å². The Balaban J connectivity index is 3.16. The van der Waals surface area contributed by atoms with Crippen LogP contribution in [0.15, 0.2) is 12.1 Å². The van der Waals surface area contributed by atoms with Crippen LogP contribution < -0.4 is 10.6 Å². The molecule has 84 valence electrons. The molecule has 1 aromatic rings. The van der Waals surface area contributed by atoms with Crippen molar-refractivity contribution < 1.29 is 9.57 Å². The first kappa shape index (κ1) is 12.3. The first-order valence-corrected chi connectivity index (χ1v) is 5.16. The number of rotatable bonds is 4. The van der Waals surface area contributed by atoms with E-state index in [4.69, 9.17) is 22.2 Å². The normalized spacial score (nSPS) is 10.8. The van der Waals surface area contributed by atoms with Crippen molar-refractivity contribution in [2.45, 2.75) is 26.4 Å². The third kappa shape index (κ3) is 2.84. The predicted molar refractivity (Wildman–Crippen MR) is 61.1 cm³/mol. The molecule has 0 amide bonds. The summed E-state index contributed by atoms with van der Waals surface area (Å²) in [6.45, 7) is 4.46. The van der Waals surface area contributed by atoms with Gasteiger partial charge in [0.2, 0.25) is 0 Å². The zero-order valence-corrected chi connectivity index (χ0v) is 9.97. The van der Waals surface area contributed by atoms with E-state index in [1.165, 1.54) is 0 Å². The standard InChI is InChI=1S/C11H16ClNO2/c1-7(2)9-5-11(14-3)8(6-15-13)4-10(9)12/h4-5,7H,6,13H2,1-3H3. The molecular formula is C11H16ClNO2. The van der Waals surface area contributed by atoms with Gasteiger partial charge in [-0.1, -0.05) is 25.4 Å². The number of nitrogens with two attached hydrogens (primary N) is 1. The highest BCUT2D eigenvalue weighted by Crippen LogP contribution is 2.31. The smallest absolute Gasteiger partial charge is 0.124 e. The van der Waals surface area contributed by atoms with Crippen LogP contribution in [-0.4, -0.2) is 7.11 Å².